The highest BCUT2D eigenvalue weighted by Gasteiger charge is 2.10. The number of hydrogen-bond donors (Lipinski definition) is 1. The van der Waals surface area contributed by atoms with Gasteiger partial charge in [-0.15, -0.1) is 0 Å². The minimum absolute atomic E-state index is 0.0915. The molecule has 0 atom stereocenters. The van der Waals surface area contributed by atoms with E-state index >= 15 is 0 Å². The predicted octanol–water partition coefficient (Wildman–Crippen LogP) is 5.44. The molecule has 2 aromatic carbocycles. The Hall–Kier alpha value is -3.17. The van der Waals surface area contributed by atoms with Gasteiger partial charge in [-0.2, -0.15) is 5.10 Å². The van der Waals surface area contributed by atoms with Crippen LogP contribution in [0.4, 0.5) is 11.5 Å². The number of halogens is 2. The summed E-state index contributed by atoms with van der Waals surface area (Å²) < 4.78 is 12.0. The van der Waals surface area contributed by atoms with Crippen LogP contribution in [0.1, 0.15) is 11.1 Å². The van der Waals surface area contributed by atoms with Crippen molar-refractivity contribution in [2.45, 2.75) is 6.61 Å². The maximum absolute atomic E-state index is 10.7. The Labute approximate surface area is 185 Å². The first-order valence-electron chi connectivity index (χ1n) is 8.60. The molecule has 30 heavy (non-hydrogen) atoms. The van der Waals surface area contributed by atoms with Crippen molar-refractivity contribution in [3.8, 4) is 11.5 Å². The molecule has 3 rings (SSSR count). The van der Waals surface area contributed by atoms with Gasteiger partial charge >= 0.3 is 0 Å². The largest absolute Gasteiger partial charge is 0.493 e. The number of rotatable bonds is 8. The molecule has 0 saturated carbocycles. The van der Waals surface area contributed by atoms with Gasteiger partial charge < -0.3 is 9.47 Å². The summed E-state index contributed by atoms with van der Waals surface area (Å²) in [7, 11) is 1.55. The van der Waals surface area contributed by atoms with E-state index < -0.39 is 4.92 Å². The molecule has 0 aliphatic heterocycles. The molecule has 0 saturated heterocycles. The molecule has 3 aromatic rings. The monoisotopic (exact) mass is 490 g/mol. The van der Waals surface area contributed by atoms with Crippen LogP contribution in [0.25, 0.3) is 0 Å². The lowest BCUT2D eigenvalue weighted by Crippen LogP contribution is -2.00. The quantitative estimate of drug-likeness (QED) is 0.256. The number of methoxy groups -OCH3 is 1. The van der Waals surface area contributed by atoms with E-state index in [1.165, 1.54) is 12.1 Å². The maximum Gasteiger partial charge on any atom is 0.287 e. The number of hydrogen-bond acceptors (Lipinski definition) is 7. The summed E-state index contributed by atoms with van der Waals surface area (Å²) in [4.78, 5) is 14.1. The Kier molecular flexibility index (Phi) is 7.21. The van der Waals surface area contributed by atoms with E-state index in [0.29, 0.717) is 28.9 Å². The first kappa shape index (κ1) is 21.5. The molecule has 1 aromatic heterocycles. The van der Waals surface area contributed by atoms with E-state index in [4.69, 9.17) is 21.1 Å². The zero-order chi connectivity index (χ0) is 21.5. The van der Waals surface area contributed by atoms with E-state index in [9.17, 15) is 10.1 Å². The number of benzene rings is 2. The predicted molar refractivity (Wildman–Crippen MR) is 119 cm³/mol. The van der Waals surface area contributed by atoms with Gasteiger partial charge in [-0.05, 0) is 51.8 Å². The molecule has 0 radical (unpaired) electrons. The summed E-state index contributed by atoms with van der Waals surface area (Å²) in [5.41, 5.74) is 4.34. The SMILES string of the molecule is COc1cc(C=NNc2ccc([N+](=O)[O-])cn2)c(Br)cc1OCc1ccc(Cl)cc1. The van der Waals surface area contributed by atoms with Crippen LogP contribution in [0.5, 0.6) is 11.5 Å². The fraction of sp³-hybridized carbons (Fsp3) is 0.100. The summed E-state index contributed by atoms with van der Waals surface area (Å²) >= 11 is 9.40. The summed E-state index contributed by atoms with van der Waals surface area (Å²) in [6.45, 7) is 0.362. The fourth-order valence-corrected chi connectivity index (χ4v) is 2.94. The summed E-state index contributed by atoms with van der Waals surface area (Å²) in [5, 5.41) is 15.4. The van der Waals surface area contributed by atoms with Gasteiger partial charge in [0.05, 0.1) is 18.2 Å². The molecule has 154 valence electrons. The van der Waals surface area contributed by atoms with Crippen molar-refractivity contribution in [1.29, 1.82) is 0 Å². The summed E-state index contributed by atoms with van der Waals surface area (Å²) in [6, 6.07) is 13.8. The average molecular weight is 492 g/mol. The van der Waals surface area contributed by atoms with Gasteiger partial charge in [0.25, 0.3) is 5.69 Å². The van der Waals surface area contributed by atoms with Crippen molar-refractivity contribution in [2.24, 2.45) is 5.10 Å². The topological polar surface area (TPSA) is 98.9 Å². The maximum atomic E-state index is 10.7. The van der Waals surface area contributed by atoms with Crippen molar-refractivity contribution >= 4 is 45.3 Å². The molecule has 0 bridgehead atoms. The minimum Gasteiger partial charge on any atom is -0.493 e. The molecule has 8 nitrogen and oxygen atoms in total. The Morgan fingerprint density at radius 3 is 2.63 bits per heavy atom. The first-order valence-corrected chi connectivity index (χ1v) is 9.77. The molecule has 0 unspecified atom stereocenters. The van der Waals surface area contributed by atoms with Gasteiger partial charge in [-0.1, -0.05) is 23.7 Å². The van der Waals surface area contributed by atoms with Crippen LogP contribution in [0, 0.1) is 10.1 Å². The molecule has 0 aliphatic rings. The molecule has 0 fully saturated rings. The average Bonchev–Trinajstić information content (AvgIpc) is 2.75. The normalized spacial score (nSPS) is 10.8. The first-order chi connectivity index (χ1) is 14.5. The Morgan fingerprint density at radius 2 is 2.00 bits per heavy atom. The van der Waals surface area contributed by atoms with Crippen LogP contribution in [0.3, 0.4) is 0 Å². The Balaban J connectivity index is 1.68. The van der Waals surface area contributed by atoms with Crippen LogP contribution in [0.2, 0.25) is 5.02 Å². The molecule has 0 amide bonds. The molecular weight excluding hydrogens is 476 g/mol. The number of nitrogens with one attached hydrogen (secondary N) is 1. The third-order valence-electron chi connectivity index (χ3n) is 3.93. The van der Waals surface area contributed by atoms with Crippen LogP contribution < -0.4 is 14.9 Å². The smallest absolute Gasteiger partial charge is 0.287 e. The van der Waals surface area contributed by atoms with Crippen LogP contribution in [-0.4, -0.2) is 23.2 Å². The van der Waals surface area contributed by atoms with Crippen molar-refractivity contribution in [2.75, 3.05) is 12.5 Å². The van der Waals surface area contributed by atoms with Crippen molar-refractivity contribution < 1.29 is 14.4 Å². The van der Waals surface area contributed by atoms with Crippen molar-refractivity contribution in [1.82, 2.24) is 4.98 Å². The third-order valence-corrected chi connectivity index (χ3v) is 4.87. The van der Waals surface area contributed by atoms with Crippen LogP contribution in [-0.2, 0) is 6.61 Å². The molecule has 10 heteroatoms. The van der Waals surface area contributed by atoms with Crippen LogP contribution >= 0.6 is 27.5 Å². The van der Waals surface area contributed by atoms with Crippen LogP contribution in [0.15, 0.2) is 64.3 Å². The molecular formula is C20H16BrClN4O4. The number of nitrogens with zero attached hydrogens (tertiary/aromatic N) is 3. The van der Waals surface area contributed by atoms with Gasteiger partial charge in [0.15, 0.2) is 11.5 Å². The highest BCUT2D eigenvalue weighted by atomic mass is 79.9. The highest BCUT2D eigenvalue weighted by molar-refractivity contribution is 9.10. The summed E-state index contributed by atoms with van der Waals surface area (Å²) in [6.07, 6.45) is 2.72. The minimum atomic E-state index is -0.514. The van der Waals surface area contributed by atoms with Crippen molar-refractivity contribution in [3.63, 3.8) is 0 Å². The number of pyridine rings is 1. The molecule has 0 spiro atoms. The number of hydrazone groups is 1. The Bertz CT molecular complexity index is 1060. The molecule has 1 heterocycles. The second kappa shape index (κ2) is 10.0. The number of anilines is 1. The van der Waals surface area contributed by atoms with Gasteiger partial charge in [0, 0.05) is 21.1 Å². The number of aromatic nitrogens is 1. The van der Waals surface area contributed by atoms with E-state index in [2.05, 4.69) is 31.4 Å². The van der Waals surface area contributed by atoms with E-state index in [1.807, 2.05) is 12.1 Å². The highest BCUT2D eigenvalue weighted by Crippen LogP contribution is 2.33. The van der Waals surface area contributed by atoms with Gasteiger partial charge in [0.1, 0.15) is 18.6 Å². The number of ether oxygens (including phenoxy) is 2. The lowest BCUT2D eigenvalue weighted by molar-refractivity contribution is -0.385. The third kappa shape index (κ3) is 5.68. The van der Waals surface area contributed by atoms with E-state index in [1.54, 1.807) is 37.6 Å². The van der Waals surface area contributed by atoms with E-state index in [0.717, 1.165) is 21.8 Å². The number of nitro groups is 1. The van der Waals surface area contributed by atoms with Gasteiger partial charge in [-0.3, -0.25) is 15.5 Å². The van der Waals surface area contributed by atoms with Crippen molar-refractivity contribution in [3.05, 3.63) is 85.5 Å². The zero-order valence-electron chi connectivity index (χ0n) is 15.7. The van der Waals surface area contributed by atoms with Gasteiger partial charge in [-0.25, -0.2) is 4.98 Å². The fourth-order valence-electron chi connectivity index (χ4n) is 2.39. The molecule has 0 aliphatic carbocycles. The lowest BCUT2D eigenvalue weighted by atomic mass is 10.2. The standard InChI is InChI=1S/C20H16BrClN4O4/c1-29-18-8-14(10-24-25-20-7-6-16(11-23-20)26(27)28)17(21)9-19(18)30-12-13-2-4-15(22)5-3-13/h2-11H,12H2,1H3,(H,23,25). The van der Waals surface area contributed by atoms with E-state index in [-0.39, 0.29) is 5.69 Å². The zero-order valence-corrected chi connectivity index (χ0v) is 18.1. The second-order valence-corrected chi connectivity index (χ2v) is 7.26. The van der Waals surface area contributed by atoms with Gasteiger partial charge in [0.2, 0.25) is 0 Å². The molecule has 1 N–H and O–H groups in total. The summed E-state index contributed by atoms with van der Waals surface area (Å²) in [5.74, 6) is 1.49. The lowest BCUT2D eigenvalue weighted by Gasteiger charge is -2.13. The second-order valence-electron chi connectivity index (χ2n) is 5.97. The Morgan fingerprint density at radius 1 is 1.23 bits per heavy atom.